The molecule has 8 heteroatoms. The van der Waals surface area contributed by atoms with E-state index in [4.69, 9.17) is 14.7 Å². The summed E-state index contributed by atoms with van der Waals surface area (Å²) in [7, 11) is 1.86. The van der Waals surface area contributed by atoms with Crippen LogP contribution in [0.15, 0.2) is 36.5 Å². The summed E-state index contributed by atoms with van der Waals surface area (Å²) in [5, 5.41) is 4.52. The molecule has 0 bridgehead atoms. The number of hydrogen-bond donors (Lipinski definition) is 0. The third-order valence-corrected chi connectivity index (χ3v) is 4.99. The molecule has 7 nitrogen and oxygen atoms in total. The third-order valence-electron chi connectivity index (χ3n) is 4.99. The molecular formula is C23H26FN5O2. The molecule has 0 aliphatic carbocycles. The Morgan fingerprint density at radius 3 is 2.55 bits per heavy atom. The van der Waals surface area contributed by atoms with Crippen molar-refractivity contribution in [2.45, 2.75) is 45.8 Å². The van der Waals surface area contributed by atoms with Crippen molar-refractivity contribution in [2.75, 3.05) is 6.54 Å². The number of nitrogens with zero attached hydrogens (tertiary/aromatic N) is 5. The molecule has 3 heterocycles. The van der Waals surface area contributed by atoms with Gasteiger partial charge in [-0.15, -0.1) is 0 Å². The molecule has 0 N–H and O–H groups in total. The van der Waals surface area contributed by atoms with Crippen molar-refractivity contribution in [1.82, 2.24) is 24.6 Å². The van der Waals surface area contributed by atoms with Crippen molar-refractivity contribution in [3.05, 3.63) is 65.0 Å². The van der Waals surface area contributed by atoms with E-state index in [0.29, 0.717) is 31.8 Å². The van der Waals surface area contributed by atoms with Gasteiger partial charge in [0.1, 0.15) is 22.9 Å². The molecule has 0 fully saturated rings. The number of ether oxygens (including phenoxy) is 1. The fraction of sp³-hybridized carbons (Fsp3) is 0.391. The van der Waals surface area contributed by atoms with Gasteiger partial charge in [0.2, 0.25) is 0 Å². The zero-order valence-electron chi connectivity index (χ0n) is 18.2. The van der Waals surface area contributed by atoms with Gasteiger partial charge in [-0.25, -0.2) is 19.2 Å². The molecule has 162 valence electrons. The predicted molar refractivity (Wildman–Crippen MR) is 114 cm³/mol. The second-order valence-corrected chi connectivity index (χ2v) is 8.74. The molecule has 0 saturated carbocycles. The summed E-state index contributed by atoms with van der Waals surface area (Å²) in [5.41, 5.74) is 3.70. The van der Waals surface area contributed by atoms with Crippen LogP contribution in [0.25, 0.3) is 11.4 Å². The number of fused-ring (bicyclic) bond motifs is 1. The lowest BCUT2D eigenvalue weighted by molar-refractivity contribution is 0.0220. The number of carbonyl (C=O) groups excluding carboxylic acids is 1. The molecule has 1 aliphatic heterocycles. The van der Waals surface area contributed by atoms with E-state index in [2.05, 4.69) is 5.10 Å². The summed E-state index contributed by atoms with van der Waals surface area (Å²) in [6, 6.07) is 8.23. The van der Waals surface area contributed by atoms with Crippen LogP contribution < -0.4 is 0 Å². The van der Waals surface area contributed by atoms with Crippen LogP contribution in [0.2, 0.25) is 0 Å². The first kappa shape index (κ1) is 21.0. The van der Waals surface area contributed by atoms with Crippen molar-refractivity contribution in [3.8, 4) is 11.4 Å². The maximum atomic E-state index is 13.3. The lowest BCUT2D eigenvalue weighted by atomic mass is 10.0. The van der Waals surface area contributed by atoms with Crippen molar-refractivity contribution >= 4 is 6.09 Å². The highest BCUT2D eigenvalue weighted by Gasteiger charge is 2.29. The molecule has 0 radical (unpaired) electrons. The molecule has 0 saturated heterocycles. The predicted octanol–water partition coefficient (Wildman–Crippen LogP) is 3.90. The van der Waals surface area contributed by atoms with E-state index in [1.165, 1.54) is 12.1 Å². The van der Waals surface area contributed by atoms with E-state index >= 15 is 0 Å². The first-order chi connectivity index (χ1) is 14.7. The van der Waals surface area contributed by atoms with Crippen molar-refractivity contribution in [1.29, 1.82) is 0 Å². The summed E-state index contributed by atoms with van der Waals surface area (Å²) in [4.78, 5) is 23.8. The van der Waals surface area contributed by atoms with Crippen molar-refractivity contribution < 1.29 is 13.9 Å². The van der Waals surface area contributed by atoms with Gasteiger partial charge < -0.3 is 9.64 Å². The Labute approximate surface area is 180 Å². The first-order valence-electron chi connectivity index (χ1n) is 10.3. The van der Waals surface area contributed by atoms with Crippen LogP contribution in [0, 0.1) is 5.82 Å². The Morgan fingerprint density at radius 2 is 1.90 bits per heavy atom. The fourth-order valence-corrected chi connectivity index (χ4v) is 3.58. The average molecular weight is 423 g/mol. The van der Waals surface area contributed by atoms with E-state index in [1.54, 1.807) is 21.7 Å². The zero-order chi connectivity index (χ0) is 22.2. The second kappa shape index (κ2) is 8.09. The van der Waals surface area contributed by atoms with Gasteiger partial charge in [0.25, 0.3) is 0 Å². The Morgan fingerprint density at radius 1 is 1.16 bits per heavy atom. The molecule has 1 aliphatic rings. The first-order valence-corrected chi connectivity index (χ1v) is 10.3. The standard InChI is InChI=1S/C23H26FN5O2/c1-23(2,3)31-22(30)29-12-9-17-19(14-29)25-20(13-15-5-7-16(24)8-6-15)26-21(17)18-10-11-28(4)27-18/h5-8,10-11H,9,12-14H2,1-4H3. The van der Waals surface area contributed by atoms with Crippen LogP contribution in [0.5, 0.6) is 0 Å². The van der Waals surface area contributed by atoms with Gasteiger partial charge >= 0.3 is 6.09 Å². The number of aryl methyl sites for hydroxylation is 1. The van der Waals surface area contributed by atoms with Gasteiger partial charge in [-0.3, -0.25) is 4.68 Å². The lowest BCUT2D eigenvalue weighted by Crippen LogP contribution is -2.40. The molecule has 2 aromatic heterocycles. The highest BCUT2D eigenvalue weighted by atomic mass is 19.1. The molecular weight excluding hydrogens is 397 g/mol. The van der Waals surface area contributed by atoms with Crippen LogP contribution in [0.3, 0.4) is 0 Å². The van der Waals surface area contributed by atoms with Crippen LogP contribution >= 0.6 is 0 Å². The normalized spacial score (nSPS) is 13.8. The van der Waals surface area contributed by atoms with E-state index in [9.17, 15) is 9.18 Å². The van der Waals surface area contributed by atoms with E-state index in [1.807, 2.05) is 40.1 Å². The quantitative estimate of drug-likeness (QED) is 0.639. The Kier molecular flexibility index (Phi) is 5.47. The highest BCUT2D eigenvalue weighted by molar-refractivity contribution is 5.69. The van der Waals surface area contributed by atoms with E-state index in [0.717, 1.165) is 28.2 Å². The number of rotatable bonds is 3. The summed E-state index contributed by atoms with van der Waals surface area (Å²) >= 11 is 0. The molecule has 0 atom stereocenters. The van der Waals surface area contributed by atoms with Crippen LogP contribution in [0.4, 0.5) is 9.18 Å². The maximum Gasteiger partial charge on any atom is 0.410 e. The van der Waals surface area contributed by atoms with Crippen molar-refractivity contribution in [2.24, 2.45) is 7.05 Å². The molecule has 31 heavy (non-hydrogen) atoms. The third kappa shape index (κ3) is 4.90. The molecule has 1 amide bonds. The second-order valence-electron chi connectivity index (χ2n) is 8.74. The van der Waals surface area contributed by atoms with Gasteiger partial charge in [0, 0.05) is 31.8 Å². The Bertz CT molecular complexity index is 1100. The summed E-state index contributed by atoms with van der Waals surface area (Å²) in [6.45, 7) is 6.44. The molecule has 3 aromatic rings. The minimum absolute atomic E-state index is 0.280. The van der Waals surface area contributed by atoms with Gasteiger partial charge in [0.05, 0.1) is 17.9 Å². The molecule has 1 aromatic carbocycles. The van der Waals surface area contributed by atoms with E-state index in [-0.39, 0.29) is 11.9 Å². The smallest absolute Gasteiger partial charge is 0.410 e. The number of halogens is 1. The number of hydrogen-bond acceptors (Lipinski definition) is 5. The minimum atomic E-state index is -0.560. The number of carbonyl (C=O) groups is 1. The summed E-state index contributed by atoms with van der Waals surface area (Å²) in [5.74, 6) is 0.328. The maximum absolute atomic E-state index is 13.3. The highest BCUT2D eigenvalue weighted by Crippen LogP contribution is 2.28. The van der Waals surface area contributed by atoms with Crippen LogP contribution in [-0.4, -0.2) is 42.9 Å². The largest absolute Gasteiger partial charge is 0.444 e. The number of amides is 1. The molecule has 4 rings (SSSR count). The Hall–Kier alpha value is -3.29. The Balaban J connectivity index is 1.69. The van der Waals surface area contributed by atoms with Crippen LogP contribution in [0.1, 0.15) is 43.4 Å². The lowest BCUT2D eigenvalue weighted by Gasteiger charge is -2.31. The van der Waals surface area contributed by atoms with Gasteiger partial charge in [-0.05, 0) is 51.0 Å². The molecule has 0 spiro atoms. The SMILES string of the molecule is Cn1ccc(-c2nc(Cc3ccc(F)cc3)nc3c2CCN(C(=O)OC(C)(C)C)C3)n1. The average Bonchev–Trinajstić information content (AvgIpc) is 3.13. The van der Waals surface area contributed by atoms with Gasteiger partial charge in [-0.1, -0.05) is 12.1 Å². The van der Waals surface area contributed by atoms with Crippen molar-refractivity contribution in [3.63, 3.8) is 0 Å². The van der Waals surface area contributed by atoms with Crippen LogP contribution in [-0.2, 0) is 31.2 Å². The zero-order valence-corrected chi connectivity index (χ0v) is 18.2. The van der Waals surface area contributed by atoms with E-state index < -0.39 is 5.60 Å². The van der Waals surface area contributed by atoms with Gasteiger partial charge in [0.15, 0.2) is 0 Å². The number of aromatic nitrogens is 4. The summed E-state index contributed by atoms with van der Waals surface area (Å²) < 4.78 is 20.6. The number of benzene rings is 1. The monoisotopic (exact) mass is 423 g/mol. The fourth-order valence-electron chi connectivity index (χ4n) is 3.58. The minimum Gasteiger partial charge on any atom is -0.444 e. The van der Waals surface area contributed by atoms with Gasteiger partial charge in [-0.2, -0.15) is 5.10 Å². The summed E-state index contributed by atoms with van der Waals surface area (Å²) in [6.07, 6.45) is 2.60. The topological polar surface area (TPSA) is 73.1 Å². The molecule has 0 unspecified atom stereocenters.